The van der Waals surface area contributed by atoms with Crippen molar-refractivity contribution in [2.45, 2.75) is 45.2 Å². The van der Waals surface area contributed by atoms with Crippen molar-refractivity contribution in [3.8, 4) is 0 Å². The summed E-state index contributed by atoms with van der Waals surface area (Å²) in [4.78, 5) is 14.0. The van der Waals surface area contributed by atoms with Gasteiger partial charge in [-0.1, -0.05) is 0 Å². The Labute approximate surface area is 98.3 Å². The molecule has 1 saturated heterocycles. The molecule has 1 aliphatic rings. The SMILES string of the molecule is COCCNCC(=O)N1[C@@H](C)CCC[C@@H]1C. The van der Waals surface area contributed by atoms with Gasteiger partial charge in [0, 0.05) is 25.7 Å². The minimum Gasteiger partial charge on any atom is -0.383 e. The van der Waals surface area contributed by atoms with Gasteiger partial charge in [-0.05, 0) is 33.1 Å². The number of hydrogen-bond donors (Lipinski definition) is 1. The maximum Gasteiger partial charge on any atom is 0.237 e. The third-order valence-corrected chi connectivity index (χ3v) is 3.24. The number of carbonyl (C=O) groups excluding carboxylic acids is 1. The molecule has 16 heavy (non-hydrogen) atoms. The van der Waals surface area contributed by atoms with E-state index in [1.165, 1.54) is 6.42 Å². The normalized spacial score (nSPS) is 25.8. The van der Waals surface area contributed by atoms with Crippen LogP contribution in [0.5, 0.6) is 0 Å². The third kappa shape index (κ3) is 3.76. The molecule has 0 aromatic heterocycles. The Kier molecular flexibility index (Phi) is 5.77. The predicted octanol–water partition coefficient (Wildman–Crippen LogP) is 1.01. The lowest BCUT2D eigenvalue weighted by atomic mass is 9.97. The number of amides is 1. The summed E-state index contributed by atoms with van der Waals surface area (Å²) in [6.45, 7) is 6.10. The zero-order valence-electron chi connectivity index (χ0n) is 10.7. The summed E-state index contributed by atoms with van der Waals surface area (Å²) in [6, 6.07) is 0.779. The Morgan fingerprint density at radius 3 is 2.56 bits per heavy atom. The summed E-state index contributed by atoms with van der Waals surface area (Å²) < 4.78 is 4.92. The molecular weight excluding hydrogens is 204 g/mol. The summed E-state index contributed by atoms with van der Waals surface area (Å²) in [7, 11) is 1.66. The van der Waals surface area contributed by atoms with Crippen LogP contribution in [0.25, 0.3) is 0 Å². The molecule has 1 amide bonds. The Morgan fingerprint density at radius 2 is 2.00 bits per heavy atom. The van der Waals surface area contributed by atoms with E-state index < -0.39 is 0 Å². The molecule has 0 radical (unpaired) electrons. The van der Waals surface area contributed by atoms with Crippen LogP contribution in [-0.4, -0.2) is 49.7 Å². The second kappa shape index (κ2) is 6.86. The number of hydrogen-bond acceptors (Lipinski definition) is 3. The monoisotopic (exact) mass is 228 g/mol. The molecule has 1 N–H and O–H groups in total. The molecule has 4 heteroatoms. The van der Waals surface area contributed by atoms with Crippen LogP contribution < -0.4 is 5.32 Å². The smallest absolute Gasteiger partial charge is 0.237 e. The molecule has 0 aromatic carbocycles. The Bertz CT molecular complexity index is 211. The lowest BCUT2D eigenvalue weighted by Crippen LogP contribution is -2.50. The van der Waals surface area contributed by atoms with Crippen molar-refractivity contribution in [2.75, 3.05) is 26.8 Å². The Balaban J connectivity index is 2.33. The van der Waals surface area contributed by atoms with Crippen LogP contribution in [0, 0.1) is 0 Å². The van der Waals surface area contributed by atoms with Gasteiger partial charge in [-0.25, -0.2) is 0 Å². The van der Waals surface area contributed by atoms with Crippen molar-refractivity contribution in [1.29, 1.82) is 0 Å². The summed E-state index contributed by atoms with van der Waals surface area (Å²) in [5, 5.41) is 3.11. The van der Waals surface area contributed by atoms with Crippen molar-refractivity contribution >= 4 is 5.91 Å². The molecule has 0 unspecified atom stereocenters. The van der Waals surface area contributed by atoms with E-state index in [4.69, 9.17) is 4.74 Å². The van der Waals surface area contributed by atoms with Crippen LogP contribution in [0.3, 0.4) is 0 Å². The maximum atomic E-state index is 12.0. The highest BCUT2D eigenvalue weighted by Crippen LogP contribution is 2.22. The fourth-order valence-corrected chi connectivity index (χ4v) is 2.37. The highest BCUT2D eigenvalue weighted by molar-refractivity contribution is 5.79. The minimum absolute atomic E-state index is 0.218. The largest absolute Gasteiger partial charge is 0.383 e. The van der Waals surface area contributed by atoms with Gasteiger partial charge < -0.3 is 15.0 Å². The summed E-state index contributed by atoms with van der Waals surface area (Å²) in [6.07, 6.45) is 3.51. The molecule has 94 valence electrons. The number of likely N-dealkylation sites (tertiary alicyclic amines) is 1. The highest BCUT2D eigenvalue weighted by Gasteiger charge is 2.28. The Hall–Kier alpha value is -0.610. The topological polar surface area (TPSA) is 41.6 Å². The molecule has 0 spiro atoms. The molecule has 0 aromatic rings. The van der Waals surface area contributed by atoms with Gasteiger partial charge in [-0.2, -0.15) is 0 Å². The number of methoxy groups -OCH3 is 1. The van der Waals surface area contributed by atoms with Crippen molar-refractivity contribution in [3.63, 3.8) is 0 Å². The van der Waals surface area contributed by atoms with Gasteiger partial charge in [-0.3, -0.25) is 4.79 Å². The second-order valence-electron chi connectivity index (χ2n) is 4.60. The average Bonchev–Trinajstić information content (AvgIpc) is 2.24. The van der Waals surface area contributed by atoms with Crippen LogP contribution in [0.2, 0.25) is 0 Å². The number of piperidine rings is 1. The van der Waals surface area contributed by atoms with Gasteiger partial charge in [0.2, 0.25) is 5.91 Å². The molecule has 4 nitrogen and oxygen atoms in total. The molecule has 0 bridgehead atoms. The van der Waals surface area contributed by atoms with Crippen LogP contribution in [0.1, 0.15) is 33.1 Å². The summed E-state index contributed by atoms with van der Waals surface area (Å²) in [5.41, 5.74) is 0. The standard InChI is InChI=1S/C12H24N2O2/c1-10-5-4-6-11(2)14(10)12(15)9-13-7-8-16-3/h10-11,13H,4-9H2,1-3H3/t10-,11-/m0/s1. The zero-order valence-corrected chi connectivity index (χ0v) is 10.7. The third-order valence-electron chi connectivity index (χ3n) is 3.24. The van der Waals surface area contributed by atoms with Crippen molar-refractivity contribution < 1.29 is 9.53 Å². The lowest BCUT2D eigenvalue weighted by molar-refractivity contribution is -0.136. The second-order valence-corrected chi connectivity index (χ2v) is 4.60. The van der Waals surface area contributed by atoms with E-state index in [1.807, 2.05) is 4.90 Å². The van der Waals surface area contributed by atoms with Gasteiger partial charge in [-0.15, -0.1) is 0 Å². The first-order valence-electron chi connectivity index (χ1n) is 6.17. The van der Waals surface area contributed by atoms with Crippen molar-refractivity contribution in [3.05, 3.63) is 0 Å². The molecule has 1 aliphatic heterocycles. The first-order chi connectivity index (χ1) is 7.66. The number of nitrogens with zero attached hydrogens (tertiary/aromatic N) is 1. The van der Waals surface area contributed by atoms with Gasteiger partial charge in [0.05, 0.1) is 13.2 Å². The first kappa shape index (κ1) is 13.5. The summed E-state index contributed by atoms with van der Waals surface area (Å²) in [5.74, 6) is 0.218. The summed E-state index contributed by atoms with van der Waals surface area (Å²) >= 11 is 0. The zero-order chi connectivity index (χ0) is 12.0. The minimum atomic E-state index is 0.218. The van der Waals surface area contributed by atoms with E-state index in [0.717, 1.165) is 19.4 Å². The average molecular weight is 228 g/mol. The quantitative estimate of drug-likeness (QED) is 0.714. The van der Waals surface area contributed by atoms with Gasteiger partial charge in [0.25, 0.3) is 0 Å². The van der Waals surface area contributed by atoms with Crippen LogP contribution in [-0.2, 0) is 9.53 Å². The Morgan fingerprint density at radius 1 is 1.38 bits per heavy atom. The fourth-order valence-electron chi connectivity index (χ4n) is 2.37. The molecule has 1 heterocycles. The number of carbonyl (C=O) groups is 1. The lowest BCUT2D eigenvalue weighted by Gasteiger charge is -2.39. The van der Waals surface area contributed by atoms with Crippen molar-refractivity contribution in [2.24, 2.45) is 0 Å². The molecular formula is C12H24N2O2. The number of nitrogens with one attached hydrogen (secondary N) is 1. The van der Waals surface area contributed by atoms with E-state index in [9.17, 15) is 4.79 Å². The van der Waals surface area contributed by atoms with Gasteiger partial charge >= 0.3 is 0 Å². The molecule has 1 rings (SSSR count). The van der Waals surface area contributed by atoms with Crippen LogP contribution >= 0.6 is 0 Å². The maximum absolute atomic E-state index is 12.0. The van der Waals surface area contributed by atoms with Crippen LogP contribution in [0.15, 0.2) is 0 Å². The molecule has 2 atom stereocenters. The van der Waals surface area contributed by atoms with E-state index >= 15 is 0 Å². The van der Waals surface area contributed by atoms with Crippen molar-refractivity contribution in [1.82, 2.24) is 10.2 Å². The van der Waals surface area contributed by atoms with E-state index in [-0.39, 0.29) is 5.91 Å². The van der Waals surface area contributed by atoms with Gasteiger partial charge in [0.15, 0.2) is 0 Å². The molecule has 0 aliphatic carbocycles. The van der Waals surface area contributed by atoms with Gasteiger partial charge in [0.1, 0.15) is 0 Å². The highest BCUT2D eigenvalue weighted by atomic mass is 16.5. The van der Waals surface area contributed by atoms with E-state index in [0.29, 0.717) is 25.2 Å². The van der Waals surface area contributed by atoms with E-state index in [2.05, 4.69) is 19.2 Å². The predicted molar refractivity (Wildman–Crippen MR) is 64.4 cm³/mol. The van der Waals surface area contributed by atoms with E-state index in [1.54, 1.807) is 7.11 Å². The number of ether oxygens (including phenoxy) is 1. The first-order valence-corrected chi connectivity index (χ1v) is 6.17. The molecule has 0 saturated carbocycles. The number of rotatable bonds is 5. The fraction of sp³-hybridized carbons (Fsp3) is 0.917. The molecule has 1 fully saturated rings. The van der Waals surface area contributed by atoms with Crippen LogP contribution in [0.4, 0.5) is 0 Å².